The van der Waals surface area contributed by atoms with Crippen LogP contribution >= 0.6 is 0 Å². The van der Waals surface area contributed by atoms with Crippen molar-refractivity contribution in [1.82, 2.24) is 0 Å². The Bertz CT molecular complexity index is 894. The standard InChI is InChI=1S/C20H20N2O5/c1-13(23)22-9-3-5-14-10-16(7-8-18(14)22)21-20(26)15-4-2-6-17(11-15)27-12-19(24)25/h2,4,6-8,10-11H,3,5,9,12H2,1H3,(H,21,26)(H,24,25). The van der Waals surface area contributed by atoms with Crippen LogP contribution in [0.4, 0.5) is 11.4 Å². The van der Waals surface area contributed by atoms with E-state index < -0.39 is 12.6 Å². The van der Waals surface area contributed by atoms with Crippen LogP contribution in [0, 0.1) is 0 Å². The highest BCUT2D eigenvalue weighted by Crippen LogP contribution is 2.30. The number of carboxylic acids is 1. The number of aliphatic carboxylic acids is 1. The lowest BCUT2D eigenvalue weighted by atomic mass is 10.0. The monoisotopic (exact) mass is 368 g/mol. The number of ether oxygens (including phenoxy) is 1. The highest BCUT2D eigenvalue weighted by Gasteiger charge is 2.20. The number of benzene rings is 2. The van der Waals surface area contributed by atoms with Gasteiger partial charge in [-0.15, -0.1) is 0 Å². The van der Waals surface area contributed by atoms with E-state index >= 15 is 0 Å². The largest absolute Gasteiger partial charge is 0.482 e. The average Bonchev–Trinajstić information content (AvgIpc) is 2.65. The molecule has 2 N–H and O–H groups in total. The van der Waals surface area contributed by atoms with Gasteiger partial charge in [0.25, 0.3) is 5.91 Å². The summed E-state index contributed by atoms with van der Waals surface area (Å²) in [5.41, 5.74) is 2.91. The smallest absolute Gasteiger partial charge is 0.341 e. The number of amides is 2. The molecule has 1 aliphatic heterocycles. The number of hydrogen-bond donors (Lipinski definition) is 2. The zero-order valence-corrected chi connectivity index (χ0v) is 14.9. The number of anilines is 2. The Hall–Kier alpha value is -3.35. The van der Waals surface area contributed by atoms with Gasteiger partial charge in [-0.05, 0) is 54.8 Å². The van der Waals surface area contributed by atoms with E-state index in [9.17, 15) is 14.4 Å². The van der Waals surface area contributed by atoms with Crippen molar-refractivity contribution in [3.63, 3.8) is 0 Å². The molecule has 2 amide bonds. The van der Waals surface area contributed by atoms with Gasteiger partial charge < -0.3 is 20.1 Å². The molecule has 140 valence electrons. The molecule has 0 saturated carbocycles. The minimum Gasteiger partial charge on any atom is -0.482 e. The minimum absolute atomic E-state index is 0.00547. The Morgan fingerprint density at radius 3 is 2.74 bits per heavy atom. The summed E-state index contributed by atoms with van der Waals surface area (Å²) in [5.74, 6) is -1.09. The maximum atomic E-state index is 12.5. The Kier molecular flexibility index (Phi) is 5.40. The van der Waals surface area contributed by atoms with E-state index in [-0.39, 0.29) is 11.8 Å². The van der Waals surface area contributed by atoms with E-state index in [4.69, 9.17) is 9.84 Å². The first-order chi connectivity index (χ1) is 12.9. The number of rotatable bonds is 5. The molecule has 7 nitrogen and oxygen atoms in total. The van der Waals surface area contributed by atoms with Gasteiger partial charge in [0, 0.05) is 30.4 Å². The highest BCUT2D eigenvalue weighted by atomic mass is 16.5. The maximum Gasteiger partial charge on any atom is 0.341 e. The van der Waals surface area contributed by atoms with Crippen molar-refractivity contribution in [3.05, 3.63) is 53.6 Å². The first-order valence-electron chi connectivity index (χ1n) is 8.61. The summed E-state index contributed by atoms with van der Waals surface area (Å²) in [6.45, 7) is 1.78. The van der Waals surface area contributed by atoms with Crippen molar-refractivity contribution in [2.75, 3.05) is 23.4 Å². The van der Waals surface area contributed by atoms with Crippen molar-refractivity contribution in [2.45, 2.75) is 19.8 Å². The van der Waals surface area contributed by atoms with Crippen LogP contribution in [0.25, 0.3) is 0 Å². The number of carbonyl (C=O) groups is 3. The van der Waals surface area contributed by atoms with Gasteiger partial charge in [-0.2, -0.15) is 0 Å². The van der Waals surface area contributed by atoms with E-state index in [0.29, 0.717) is 23.5 Å². The molecule has 2 aromatic carbocycles. The number of hydrogen-bond acceptors (Lipinski definition) is 4. The Morgan fingerprint density at radius 1 is 1.19 bits per heavy atom. The molecule has 7 heteroatoms. The van der Waals surface area contributed by atoms with E-state index in [2.05, 4.69) is 5.32 Å². The molecule has 0 aliphatic carbocycles. The summed E-state index contributed by atoms with van der Waals surface area (Å²) in [5, 5.41) is 11.5. The number of carbonyl (C=O) groups excluding carboxylic acids is 2. The zero-order valence-electron chi connectivity index (χ0n) is 14.9. The molecule has 1 heterocycles. The van der Waals surface area contributed by atoms with Gasteiger partial charge >= 0.3 is 5.97 Å². The van der Waals surface area contributed by atoms with E-state index in [1.54, 1.807) is 36.1 Å². The van der Waals surface area contributed by atoms with Crippen LogP contribution in [0.3, 0.4) is 0 Å². The lowest BCUT2D eigenvalue weighted by molar-refractivity contribution is -0.139. The molecule has 0 fully saturated rings. The lowest BCUT2D eigenvalue weighted by Gasteiger charge is -2.29. The molecule has 0 spiro atoms. The van der Waals surface area contributed by atoms with Crippen LogP contribution < -0.4 is 15.0 Å². The third kappa shape index (κ3) is 4.44. The van der Waals surface area contributed by atoms with Gasteiger partial charge in [0.05, 0.1) is 0 Å². The molecule has 0 saturated heterocycles. The number of nitrogens with zero attached hydrogens (tertiary/aromatic N) is 1. The van der Waals surface area contributed by atoms with Gasteiger partial charge in [-0.25, -0.2) is 4.79 Å². The second kappa shape index (κ2) is 7.90. The fourth-order valence-corrected chi connectivity index (χ4v) is 3.08. The predicted molar refractivity (Wildman–Crippen MR) is 100 cm³/mol. The van der Waals surface area contributed by atoms with E-state index in [1.165, 1.54) is 6.07 Å². The molecule has 0 bridgehead atoms. The molecule has 0 radical (unpaired) electrons. The Balaban J connectivity index is 1.74. The molecule has 0 atom stereocenters. The third-order valence-corrected chi connectivity index (χ3v) is 4.29. The fourth-order valence-electron chi connectivity index (χ4n) is 3.08. The first kappa shape index (κ1) is 18.4. The number of carboxylic acid groups (broad SMARTS) is 1. The molecule has 2 aromatic rings. The van der Waals surface area contributed by atoms with E-state index in [1.807, 2.05) is 12.1 Å². The summed E-state index contributed by atoms with van der Waals surface area (Å²) in [6, 6.07) is 11.8. The van der Waals surface area contributed by atoms with Crippen LogP contribution in [0.1, 0.15) is 29.3 Å². The van der Waals surface area contributed by atoms with Crippen molar-refractivity contribution >= 4 is 29.2 Å². The predicted octanol–water partition coefficient (Wildman–Crippen LogP) is 2.70. The average molecular weight is 368 g/mol. The van der Waals surface area contributed by atoms with Gasteiger partial charge in [0.2, 0.25) is 5.91 Å². The number of aryl methyl sites for hydroxylation is 1. The summed E-state index contributed by atoms with van der Waals surface area (Å²) < 4.78 is 5.10. The van der Waals surface area contributed by atoms with Gasteiger partial charge in [-0.3, -0.25) is 9.59 Å². The van der Waals surface area contributed by atoms with E-state index in [0.717, 1.165) is 24.1 Å². The quantitative estimate of drug-likeness (QED) is 0.846. The van der Waals surface area contributed by atoms with Crippen molar-refractivity contribution in [1.29, 1.82) is 0 Å². The van der Waals surface area contributed by atoms with Gasteiger partial charge in [0.1, 0.15) is 5.75 Å². The third-order valence-electron chi connectivity index (χ3n) is 4.29. The van der Waals surface area contributed by atoms with Crippen molar-refractivity contribution in [2.24, 2.45) is 0 Å². The molecule has 27 heavy (non-hydrogen) atoms. The van der Waals surface area contributed by atoms with Crippen LogP contribution in [-0.2, 0) is 16.0 Å². The molecular weight excluding hydrogens is 348 g/mol. The zero-order chi connectivity index (χ0) is 19.4. The van der Waals surface area contributed by atoms with Gasteiger partial charge in [0.15, 0.2) is 6.61 Å². The van der Waals surface area contributed by atoms with Crippen LogP contribution in [0.15, 0.2) is 42.5 Å². The number of nitrogens with one attached hydrogen (secondary N) is 1. The van der Waals surface area contributed by atoms with Crippen LogP contribution in [-0.4, -0.2) is 36.0 Å². The van der Waals surface area contributed by atoms with Crippen LogP contribution in [0.2, 0.25) is 0 Å². The lowest BCUT2D eigenvalue weighted by Crippen LogP contribution is -2.33. The summed E-state index contributed by atoms with van der Waals surface area (Å²) in [6.07, 6.45) is 1.73. The first-order valence-corrected chi connectivity index (χ1v) is 8.61. The summed E-state index contributed by atoms with van der Waals surface area (Å²) >= 11 is 0. The summed E-state index contributed by atoms with van der Waals surface area (Å²) in [7, 11) is 0. The summed E-state index contributed by atoms with van der Waals surface area (Å²) in [4.78, 5) is 36.6. The van der Waals surface area contributed by atoms with Crippen molar-refractivity contribution < 1.29 is 24.2 Å². The maximum absolute atomic E-state index is 12.5. The van der Waals surface area contributed by atoms with Crippen LogP contribution in [0.5, 0.6) is 5.75 Å². The minimum atomic E-state index is -1.08. The molecule has 3 rings (SSSR count). The molecule has 0 unspecified atom stereocenters. The Morgan fingerprint density at radius 2 is 2.00 bits per heavy atom. The second-order valence-corrected chi connectivity index (χ2v) is 6.28. The highest BCUT2D eigenvalue weighted by molar-refractivity contribution is 6.04. The van der Waals surface area contributed by atoms with Crippen molar-refractivity contribution in [3.8, 4) is 5.75 Å². The topological polar surface area (TPSA) is 95.9 Å². The fraction of sp³-hybridized carbons (Fsp3) is 0.250. The SMILES string of the molecule is CC(=O)N1CCCc2cc(NC(=O)c3cccc(OCC(=O)O)c3)ccc21. The molecule has 1 aliphatic rings. The molecular formula is C20H20N2O5. The molecule has 0 aromatic heterocycles. The normalized spacial score (nSPS) is 12.9. The van der Waals surface area contributed by atoms with Gasteiger partial charge in [-0.1, -0.05) is 6.07 Å². The number of fused-ring (bicyclic) bond motifs is 1. The second-order valence-electron chi connectivity index (χ2n) is 6.28. The Labute approximate surface area is 156 Å².